The summed E-state index contributed by atoms with van der Waals surface area (Å²) in [6, 6.07) is 0.0158. The highest BCUT2D eigenvalue weighted by molar-refractivity contribution is 5.78. The maximum atomic E-state index is 12.9. The van der Waals surface area contributed by atoms with Gasteiger partial charge in [0.15, 0.2) is 0 Å². The summed E-state index contributed by atoms with van der Waals surface area (Å²) in [6.45, 7) is 7.05. The van der Waals surface area contributed by atoms with Crippen LogP contribution in [-0.4, -0.2) is 64.8 Å². The molecule has 0 spiro atoms. The van der Waals surface area contributed by atoms with Crippen molar-refractivity contribution < 1.29 is 19.4 Å². The Morgan fingerprint density at radius 2 is 1.86 bits per heavy atom. The van der Waals surface area contributed by atoms with E-state index in [9.17, 15) is 14.7 Å². The van der Waals surface area contributed by atoms with Gasteiger partial charge in [-0.25, -0.2) is 4.79 Å². The molecule has 4 unspecified atom stereocenters. The fourth-order valence-electron chi connectivity index (χ4n) is 3.54. The zero-order chi connectivity index (χ0) is 15.6. The molecule has 0 bridgehead atoms. The minimum Gasteiger partial charge on any atom is -0.481 e. The fraction of sp³-hybridized carbons (Fsp3) is 0.867. The maximum absolute atomic E-state index is 12.9. The van der Waals surface area contributed by atoms with Gasteiger partial charge in [-0.2, -0.15) is 0 Å². The second-order valence-electron chi connectivity index (χ2n) is 6.15. The molecule has 2 aliphatic rings. The number of ether oxygens (including phenoxy) is 1. The summed E-state index contributed by atoms with van der Waals surface area (Å²) in [5.41, 5.74) is 0. The fourth-order valence-corrected chi connectivity index (χ4v) is 3.54. The quantitative estimate of drug-likeness (QED) is 0.862. The van der Waals surface area contributed by atoms with Crippen LogP contribution in [0.15, 0.2) is 0 Å². The van der Waals surface area contributed by atoms with Crippen molar-refractivity contribution in [3.8, 4) is 0 Å². The number of amides is 2. The van der Waals surface area contributed by atoms with Crippen LogP contribution in [0, 0.1) is 5.92 Å². The summed E-state index contributed by atoms with van der Waals surface area (Å²) in [7, 11) is 0. The van der Waals surface area contributed by atoms with Crippen molar-refractivity contribution in [1.82, 2.24) is 9.80 Å². The van der Waals surface area contributed by atoms with Crippen molar-refractivity contribution in [2.24, 2.45) is 5.92 Å². The topological polar surface area (TPSA) is 70.1 Å². The summed E-state index contributed by atoms with van der Waals surface area (Å²) in [5, 5.41) is 9.29. The summed E-state index contributed by atoms with van der Waals surface area (Å²) in [6.07, 6.45) is 3.16. The molecule has 0 aliphatic carbocycles. The first-order valence-corrected chi connectivity index (χ1v) is 7.86. The van der Waals surface area contributed by atoms with Gasteiger partial charge < -0.3 is 19.6 Å². The molecule has 2 aliphatic heterocycles. The third-order valence-electron chi connectivity index (χ3n) is 4.77. The molecule has 2 rings (SSSR count). The van der Waals surface area contributed by atoms with E-state index >= 15 is 0 Å². The number of hydrogen-bond donors (Lipinski definition) is 1. The monoisotopic (exact) mass is 298 g/mol. The van der Waals surface area contributed by atoms with E-state index in [0.29, 0.717) is 13.2 Å². The largest absolute Gasteiger partial charge is 0.481 e. The number of likely N-dealkylation sites (N-methyl/N-ethyl adjacent to an activating group) is 1. The van der Waals surface area contributed by atoms with Crippen molar-refractivity contribution in [1.29, 1.82) is 0 Å². The van der Waals surface area contributed by atoms with Crippen LogP contribution in [0.4, 0.5) is 4.79 Å². The first kappa shape index (κ1) is 16.1. The zero-order valence-electron chi connectivity index (χ0n) is 13.1. The molecule has 0 aromatic carbocycles. The molecule has 6 heteroatoms. The van der Waals surface area contributed by atoms with Crippen LogP contribution in [-0.2, 0) is 9.53 Å². The van der Waals surface area contributed by atoms with Crippen LogP contribution in [0.1, 0.15) is 40.0 Å². The van der Waals surface area contributed by atoms with Crippen LogP contribution in [0.3, 0.4) is 0 Å². The van der Waals surface area contributed by atoms with Crippen LogP contribution in [0.2, 0.25) is 0 Å². The molecule has 0 aromatic rings. The second kappa shape index (κ2) is 6.64. The van der Waals surface area contributed by atoms with Crippen LogP contribution in [0.5, 0.6) is 0 Å². The lowest BCUT2D eigenvalue weighted by Crippen LogP contribution is -2.57. The molecule has 2 fully saturated rings. The van der Waals surface area contributed by atoms with E-state index < -0.39 is 11.9 Å². The maximum Gasteiger partial charge on any atom is 0.320 e. The van der Waals surface area contributed by atoms with Crippen LogP contribution < -0.4 is 0 Å². The van der Waals surface area contributed by atoms with Gasteiger partial charge in [-0.1, -0.05) is 0 Å². The van der Waals surface area contributed by atoms with Crippen molar-refractivity contribution in [2.45, 2.75) is 58.2 Å². The standard InChI is InChI=1S/C15H26N2O4/c1-4-16(13-9-21-8-12(13)14(18)19)15(20)17-10(2)6-5-7-11(17)3/h10-13H,4-9H2,1-3H3,(H,18,19). The molecule has 1 N–H and O–H groups in total. The number of carbonyl (C=O) groups excluding carboxylic acids is 1. The number of likely N-dealkylation sites (tertiary alicyclic amines) is 1. The summed E-state index contributed by atoms with van der Waals surface area (Å²) < 4.78 is 5.31. The summed E-state index contributed by atoms with van der Waals surface area (Å²) >= 11 is 0. The molecule has 6 nitrogen and oxygen atoms in total. The lowest BCUT2D eigenvalue weighted by atomic mass is 9.97. The predicted octanol–water partition coefficient (Wildman–Crippen LogP) is 1.79. The average molecular weight is 298 g/mol. The molecule has 0 radical (unpaired) electrons. The average Bonchev–Trinajstić information content (AvgIpc) is 2.88. The first-order chi connectivity index (χ1) is 9.97. The lowest BCUT2D eigenvalue weighted by Gasteiger charge is -2.43. The van der Waals surface area contributed by atoms with Gasteiger partial charge in [0, 0.05) is 18.6 Å². The number of urea groups is 1. The summed E-state index contributed by atoms with van der Waals surface area (Å²) in [4.78, 5) is 27.8. The van der Waals surface area contributed by atoms with E-state index in [0.717, 1.165) is 19.3 Å². The van der Waals surface area contributed by atoms with Crippen molar-refractivity contribution in [3.63, 3.8) is 0 Å². The third kappa shape index (κ3) is 3.15. The van der Waals surface area contributed by atoms with Crippen molar-refractivity contribution >= 4 is 12.0 Å². The van der Waals surface area contributed by atoms with E-state index in [1.54, 1.807) is 4.90 Å². The van der Waals surface area contributed by atoms with Crippen molar-refractivity contribution in [3.05, 3.63) is 0 Å². The molecule has 2 amide bonds. The van der Waals surface area contributed by atoms with E-state index in [2.05, 4.69) is 13.8 Å². The van der Waals surface area contributed by atoms with Crippen LogP contribution in [0.25, 0.3) is 0 Å². The molecule has 2 saturated heterocycles. The predicted molar refractivity (Wildman–Crippen MR) is 78.1 cm³/mol. The Morgan fingerprint density at radius 1 is 1.24 bits per heavy atom. The third-order valence-corrected chi connectivity index (χ3v) is 4.77. The Balaban J connectivity index is 2.16. The minimum absolute atomic E-state index is 0.0426. The Morgan fingerprint density at radius 3 is 2.38 bits per heavy atom. The van der Waals surface area contributed by atoms with Gasteiger partial charge in [0.2, 0.25) is 0 Å². The molecule has 21 heavy (non-hydrogen) atoms. The number of nitrogens with zero attached hydrogens (tertiary/aromatic N) is 2. The Labute approximate surface area is 126 Å². The first-order valence-electron chi connectivity index (χ1n) is 7.86. The minimum atomic E-state index is -0.886. The van der Waals surface area contributed by atoms with Gasteiger partial charge in [-0.15, -0.1) is 0 Å². The smallest absolute Gasteiger partial charge is 0.320 e. The number of carbonyl (C=O) groups is 2. The number of aliphatic carboxylic acids is 1. The summed E-state index contributed by atoms with van der Waals surface area (Å²) in [5.74, 6) is -1.51. The van der Waals surface area contributed by atoms with Gasteiger partial charge in [0.25, 0.3) is 0 Å². The van der Waals surface area contributed by atoms with Gasteiger partial charge in [-0.3, -0.25) is 4.79 Å². The van der Waals surface area contributed by atoms with Gasteiger partial charge in [-0.05, 0) is 40.0 Å². The SMILES string of the molecule is CCN(C(=O)N1C(C)CCCC1C)C1COCC1C(=O)O. The zero-order valence-corrected chi connectivity index (χ0v) is 13.1. The molecule has 120 valence electrons. The van der Waals surface area contributed by atoms with Gasteiger partial charge in [0.1, 0.15) is 5.92 Å². The molecular formula is C15H26N2O4. The van der Waals surface area contributed by atoms with Gasteiger partial charge >= 0.3 is 12.0 Å². The van der Waals surface area contributed by atoms with Gasteiger partial charge in [0.05, 0.1) is 19.3 Å². The highest BCUT2D eigenvalue weighted by atomic mass is 16.5. The molecule has 0 saturated carbocycles. The molecule has 4 atom stereocenters. The van der Waals surface area contributed by atoms with E-state index in [4.69, 9.17) is 4.74 Å². The number of hydrogen-bond acceptors (Lipinski definition) is 3. The Kier molecular flexibility index (Phi) is 5.08. The lowest BCUT2D eigenvalue weighted by molar-refractivity contribution is -0.142. The van der Waals surface area contributed by atoms with Crippen LogP contribution >= 0.6 is 0 Å². The normalized spacial score (nSPS) is 33.0. The number of piperidine rings is 1. The number of rotatable bonds is 3. The Hall–Kier alpha value is -1.30. The number of carboxylic acids is 1. The highest BCUT2D eigenvalue weighted by Gasteiger charge is 2.42. The molecule has 0 aromatic heterocycles. The number of carboxylic acid groups (broad SMARTS) is 1. The van der Waals surface area contributed by atoms with E-state index in [1.165, 1.54) is 0 Å². The molecular weight excluding hydrogens is 272 g/mol. The highest BCUT2D eigenvalue weighted by Crippen LogP contribution is 2.27. The second-order valence-corrected chi connectivity index (χ2v) is 6.15. The van der Waals surface area contributed by atoms with E-state index in [1.807, 2.05) is 11.8 Å². The Bertz CT molecular complexity index is 391. The van der Waals surface area contributed by atoms with Crippen molar-refractivity contribution in [2.75, 3.05) is 19.8 Å². The van der Waals surface area contributed by atoms with E-state index in [-0.39, 0.29) is 30.8 Å². The molecule has 2 heterocycles.